The molecule has 0 bridgehead atoms. The highest BCUT2D eigenvalue weighted by Gasteiger charge is 2.36. The lowest BCUT2D eigenvalue weighted by Crippen LogP contribution is -2.30. The van der Waals surface area contributed by atoms with Crippen molar-refractivity contribution in [3.8, 4) is 0 Å². The number of hydrogen-bond acceptors (Lipinski definition) is 3. The topological polar surface area (TPSA) is 24.4 Å². The first-order valence-electron chi connectivity index (χ1n) is 6.46. The molecule has 3 rings (SSSR count). The maximum Gasteiger partial charge on any atom is 0.161 e. The number of hydrogen-bond donors (Lipinski definition) is 1. The maximum atomic E-state index is 13.1. The van der Waals surface area contributed by atoms with Crippen molar-refractivity contribution in [3.05, 3.63) is 30.1 Å². The average Bonchev–Trinajstić information content (AvgIpc) is 2.81. The molecule has 1 spiro atoms. The first-order valence-corrected chi connectivity index (χ1v) is 7.44. The number of halogens is 1. The number of amidine groups is 1. The Bertz CT molecular complexity index is 467. The second kappa shape index (κ2) is 4.92. The lowest BCUT2D eigenvalue weighted by atomic mass is 9.89. The van der Waals surface area contributed by atoms with Crippen LogP contribution in [-0.2, 0) is 0 Å². The third kappa shape index (κ3) is 2.53. The van der Waals surface area contributed by atoms with Gasteiger partial charge >= 0.3 is 0 Å². The van der Waals surface area contributed by atoms with Crippen LogP contribution in [0.2, 0.25) is 0 Å². The highest BCUT2D eigenvalue weighted by molar-refractivity contribution is 8.14. The van der Waals surface area contributed by atoms with E-state index < -0.39 is 0 Å². The van der Waals surface area contributed by atoms with E-state index in [-0.39, 0.29) is 5.82 Å². The van der Waals surface area contributed by atoms with Crippen molar-refractivity contribution < 1.29 is 4.39 Å². The van der Waals surface area contributed by atoms with Gasteiger partial charge in [0.15, 0.2) is 5.17 Å². The van der Waals surface area contributed by atoms with Gasteiger partial charge in [-0.25, -0.2) is 4.39 Å². The molecule has 0 amide bonds. The molecule has 1 heterocycles. The Hall–Kier alpha value is -1.03. The first-order chi connectivity index (χ1) is 8.76. The van der Waals surface area contributed by atoms with Gasteiger partial charge in [-0.15, -0.1) is 0 Å². The molecular formula is C14H17FN2S. The molecule has 2 aliphatic rings. The molecule has 96 valence electrons. The molecule has 0 unspecified atom stereocenters. The van der Waals surface area contributed by atoms with E-state index >= 15 is 0 Å². The molecule has 1 fully saturated rings. The van der Waals surface area contributed by atoms with E-state index in [9.17, 15) is 4.39 Å². The van der Waals surface area contributed by atoms with Crippen LogP contribution in [0.25, 0.3) is 0 Å². The number of anilines is 1. The fraction of sp³-hybridized carbons (Fsp3) is 0.500. The summed E-state index contributed by atoms with van der Waals surface area (Å²) in [6.07, 6.45) is 5.33. The van der Waals surface area contributed by atoms with E-state index in [0.29, 0.717) is 5.41 Å². The molecule has 1 aromatic carbocycles. The second-order valence-electron chi connectivity index (χ2n) is 5.25. The molecule has 1 N–H and O–H groups in total. The number of rotatable bonds is 1. The van der Waals surface area contributed by atoms with Crippen LogP contribution < -0.4 is 5.32 Å². The molecular weight excluding hydrogens is 247 g/mol. The van der Waals surface area contributed by atoms with E-state index in [0.717, 1.165) is 23.2 Å². The molecule has 0 radical (unpaired) electrons. The van der Waals surface area contributed by atoms with E-state index in [2.05, 4.69) is 10.3 Å². The lowest BCUT2D eigenvalue weighted by molar-refractivity contribution is 0.359. The summed E-state index contributed by atoms with van der Waals surface area (Å²) in [5, 5.41) is 4.13. The van der Waals surface area contributed by atoms with E-state index in [4.69, 9.17) is 0 Å². The highest BCUT2D eigenvalue weighted by Crippen LogP contribution is 2.43. The Morgan fingerprint density at radius 2 is 2.11 bits per heavy atom. The molecule has 18 heavy (non-hydrogen) atoms. The van der Waals surface area contributed by atoms with Gasteiger partial charge < -0.3 is 5.32 Å². The standard InChI is InChI=1S/C14H17FN2S/c15-11-4-3-5-12(8-11)17-13-16-9-14(10-18-13)6-1-2-7-14/h3-5,8H,1-2,6-7,9-10H2,(H,16,17). The number of nitrogens with zero attached hydrogens (tertiary/aromatic N) is 1. The fourth-order valence-electron chi connectivity index (χ4n) is 2.75. The number of benzene rings is 1. The van der Waals surface area contributed by atoms with Gasteiger partial charge in [-0.05, 0) is 36.5 Å². The Labute approximate surface area is 111 Å². The summed E-state index contributed by atoms with van der Waals surface area (Å²) in [6.45, 7) is 0.928. The van der Waals surface area contributed by atoms with E-state index in [1.807, 2.05) is 6.07 Å². The van der Waals surface area contributed by atoms with Crippen LogP contribution in [0, 0.1) is 11.2 Å². The van der Waals surface area contributed by atoms with Crippen molar-refractivity contribution in [3.63, 3.8) is 0 Å². The molecule has 1 aromatic rings. The molecule has 0 saturated heterocycles. The van der Waals surface area contributed by atoms with Gasteiger partial charge in [-0.2, -0.15) is 0 Å². The average molecular weight is 264 g/mol. The molecule has 0 aromatic heterocycles. The highest BCUT2D eigenvalue weighted by atomic mass is 32.2. The third-order valence-corrected chi connectivity index (χ3v) is 5.07. The van der Waals surface area contributed by atoms with Gasteiger partial charge in [0.25, 0.3) is 0 Å². The van der Waals surface area contributed by atoms with Crippen molar-refractivity contribution in [2.45, 2.75) is 25.7 Å². The zero-order valence-electron chi connectivity index (χ0n) is 10.3. The summed E-state index contributed by atoms with van der Waals surface area (Å²) in [7, 11) is 0. The molecule has 1 saturated carbocycles. The van der Waals surface area contributed by atoms with Crippen molar-refractivity contribution in [1.82, 2.24) is 0 Å². The number of nitrogens with one attached hydrogen (secondary N) is 1. The molecule has 0 atom stereocenters. The van der Waals surface area contributed by atoms with Crippen LogP contribution in [-0.4, -0.2) is 17.5 Å². The molecule has 1 aliphatic heterocycles. The van der Waals surface area contributed by atoms with Gasteiger partial charge in [0.1, 0.15) is 5.82 Å². The zero-order valence-corrected chi connectivity index (χ0v) is 11.1. The number of aliphatic imine (C=N–C) groups is 1. The normalized spacial score (nSPS) is 21.9. The summed E-state index contributed by atoms with van der Waals surface area (Å²) in [5.74, 6) is 0.933. The third-order valence-electron chi connectivity index (χ3n) is 3.81. The van der Waals surface area contributed by atoms with Crippen LogP contribution in [0.1, 0.15) is 25.7 Å². The predicted octanol–water partition coefficient (Wildman–Crippen LogP) is 3.90. The van der Waals surface area contributed by atoms with Crippen LogP contribution in [0.3, 0.4) is 0 Å². The molecule has 4 heteroatoms. The van der Waals surface area contributed by atoms with Crippen molar-refractivity contribution >= 4 is 22.6 Å². The summed E-state index contributed by atoms with van der Waals surface area (Å²) in [4.78, 5) is 4.64. The van der Waals surface area contributed by atoms with E-state index in [1.165, 1.54) is 37.8 Å². The van der Waals surface area contributed by atoms with Crippen LogP contribution in [0.5, 0.6) is 0 Å². The Balaban J connectivity index is 1.66. The zero-order chi connectivity index (χ0) is 12.4. The Morgan fingerprint density at radius 1 is 1.28 bits per heavy atom. The summed E-state index contributed by atoms with van der Waals surface area (Å²) in [6, 6.07) is 6.54. The Morgan fingerprint density at radius 3 is 2.78 bits per heavy atom. The Kier molecular flexibility index (Phi) is 3.29. The second-order valence-corrected chi connectivity index (χ2v) is 6.22. The van der Waals surface area contributed by atoms with Crippen molar-refractivity contribution in [1.29, 1.82) is 0 Å². The summed E-state index contributed by atoms with van der Waals surface area (Å²) < 4.78 is 13.1. The minimum Gasteiger partial charge on any atom is -0.335 e. The van der Waals surface area contributed by atoms with E-state index in [1.54, 1.807) is 17.8 Å². The van der Waals surface area contributed by atoms with Crippen LogP contribution >= 0.6 is 11.8 Å². The fourth-order valence-corrected chi connectivity index (χ4v) is 3.91. The largest absolute Gasteiger partial charge is 0.335 e. The monoisotopic (exact) mass is 264 g/mol. The van der Waals surface area contributed by atoms with Crippen LogP contribution in [0.4, 0.5) is 10.1 Å². The predicted molar refractivity (Wildman–Crippen MR) is 75.7 cm³/mol. The van der Waals surface area contributed by atoms with Gasteiger partial charge in [-0.1, -0.05) is 30.7 Å². The maximum absolute atomic E-state index is 13.1. The van der Waals surface area contributed by atoms with Crippen molar-refractivity contribution in [2.24, 2.45) is 10.4 Å². The SMILES string of the molecule is Fc1cccc(NC2=NCC3(CCCC3)CS2)c1. The lowest BCUT2D eigenvalue weighted by Gasteiger charge is -2.31. The van der Waals surface area contributed by atoms with Crippen LogP contribution in [0.15, 0.2) is 29.3 Å². The number of thioether (sulfide) groups is 1. The molecule has 1 aliphatic carbocycles. The minimum absolute atomic E-state index is 0.214. The van der Waals surface area contributed by atoms with Gasteiger partial charge in [-0.3, -0.25) is 4.99 Å². The van der Waals surface area contributed by atoms with Gasteiger partial charge in [0.05, 0.1) is 0 Å². The van der Waals surface area contributed by atoms with Crippen molar-refractivity contribution in [2.75, 3.05) is 17.6 Å². The quantitative estimate of drug-likeness (QED) is 0.832. The first kappa shape index (κ1) is 12.0. The summed E-state index contributed by atoms with van der Waals surface area (Å²) in [5.41, 5.74) is 1.24. The smallest absolute Gasteiger partial charge is 0.161 e. The summed E-state index contributed by atoms with van der Waals surface area (Å²) >= 11 is 1.78. The van der Waals surface area contributed by atoms with Gasteiger partial charge in [0, 0.05) is 18.0 Å². The molecule has 2 nitrogen and oxygen atoms in total. The minimum atomic E-state index is -0.214. The van der Waals surface area contributed by atoms with Gasteiger partial charge in [0.2, 0.25) is 0 Å².